The summed E-state index contributed by atoms with van der Waals surface area (Å²) in [6.07, 6.45) is 4.08. The molecule has 0 aliphatic carbocycles. The molecule has 1 atom stereocenters. The van der Waals surface area contributed by atoms with Crippen LogP contribution in [0, 0.1) is 6.92 Å². The van der Waals surface area contributed by atoms with Crippen LogP contribution >= 0.6 is 11.5 Å². The molecule has 0 amide bonds. The van der Waals surface area contributed by atoms with E-state index in [9.17, 15) is 0 Å². The Balaban J connectivity index is 1.83. The van der Waals surface area contributed by atoms with Gasteiger partial charge in [-0.2, -0.15) is 4.37 Å². The van der Waals surface area contributed by atoms with Crippen LogP contribution in [0.3, 0.4) is 0 Å². The Kier molecular flexibility index (Phi) is 4.23. The maximum Gasteiger partial charge on any atom is 0.142 e. The van der Waals surface area contributed by atoms with Crippen LogP contribution in [-0.2, 0) is 0 Å². The molecule has 2 heterocycles. The van der Waals surface area contributed by atoms with Gasteiger partial charge >= 0.3 is 0 Å². The summed E-state index contributed by atoms with van der Waals surface area (Å²) < 4.78 is 4.15. The summed E-state index contributed by atoms with van der Waals surface area (Å²) in [5, 5.41) is 4.58. The minimum Gasteiger partial charge on any atom is -0.383 e. The van der Waals surface area contributed by atoms with Crippen LogP contribution in [0.25, 0.3) is 0 Å². The quantitative estimate of drug-likeness (QED) is 0.866. The summed E-state index contributed by atoms with van der Waals surface area (Å²) in [7, 11) is 0. The molecule has 1 aromatic rings. The Bertz CT molecular complexity index is 357. The second-order valence-electron chi connectivity index (χ2n) is 4.85. The number of anilines is 2. The topological polar surface area (TPSA) is 54.2 Å². The summed E-state index contributed by atoms with van der Waals surface area (Å²) >= 11 is 1.46. The number of nitrogens with zero attached hydrogens (tertiary/aromatic N) is 2. The van der Waals surface area contributed by atoms with E-state index in [0.717, 1.165) is 17.1 Å². The molecule has 1 saturated heterocycles. The van der Waals surface area contributed by atoms with Gasteiger partial charge in [0.15, 0.2) is 0 Å². The Hall–Kier alpha value is -0.810. The van der Waals surface area contributed by atoms with E-state index in [4.69, 9.17) is 5.73 Å². The van der Waals surface area contributed by atoms with Crippen LogP contribution in [0.5, 0.6) is 0 Å². The fraction of sp³-hybridized carbons (Fsp3) is 0.750. The molecule has 1 unspecified atom stereocenters. The largest absolute Gasteiger partial charge is 0.383 e. The third kappa shape index (κ3) is 3.10. The van der Waals surface area contributed by atoms with Gasteiger partial charge in [-0.05, 0) is 51.3 Å². The van der Waals surface area contributed by atoms with Crippen LogP contribution < -0.4 is 11.1 Å². The Morgan fingerprint density at radius 2 is 2.12 bits per heavy atom. The molecular formula is C12H22N4S. The van der Waals surface area contributed by atoms with Crippen molar-refractivity contribution < 1.29 is 0 Å². The first-order valence-corrected chi connectivity index (χ1v) is 7.15. The van der Waals surface area contributed by atoms with Crippen molar-refractivity contribution in [2.24, 2.45) is 0 Å². The Morgan fingerprint density at radius 1 is 1.41 bits per heavy atom. The van der Waals surface area contributed by atoms with E-state index < -0.39 is 0 Å². The highest BCUT2D eigenvalue weighted by Gasteiger charge is 2.17. The normalized spacial score (nSPS) is 19.2. The highest BCUT2D eigenvalue weighted by Crippen LogP contribution is 2.25. The lowest BCUT2D eigenvalue weighted by atomic mass is 10.1. The van der Waals surface area contributed by atoms with E-state index in [0.29, 0.717) is 11.9 Å². The molecule has 5 heteroatoms. The third-order valence-corrected chi connectivity index (χ3v) is 4.45. The van der Waals surface area contributed by atoms with Gasteiger partial charge in [0.25, 0.3) is 0 Å². The third-order valence-electron chi connectivity index (χ3n) is 3.53. The molecule has 2 rings (SSSR count). The SMILES string of the molecule is Cc1c(N)nsc1NCC(C)N1CCCCC1. The molecule has 0 radical (unpaired) electrons. The highest BCUT2D eigenvalue weighted by atomic mass is 32.1. The van der Waals surface area contributed by atoms with Crippen molar-refractivity contribution in [1.82, 2.24) is 9.27 Å². The molecule has 1 fully saturated rings. The predicted molar refractivity (Wildman–Crippen MR) is 74.6 cm³/mol. The van der Waals surface area contributed by atoms with E-state index in [2.05, 4.69) is 21.5 Å². The lowest BCUT2D eigenvalue weighted by Crippen LogP contribution is -2.41. The molecule has 0 saturated carbocycles. The number of nitrogens with one attached hydrogen (secondary N) is 1. The molecule has 4 nitrogen and oxygen atoms in total. The monoisotopic (exact) mass is 254 g/mol. The molecule has 0 bridgehead atoms. The van der Waals surface area contributed by atoms with Crippen molar-refractivity contribution in [1.29, 1.82) is 0 Å². The number of hydrogen-bond donors (Lipinski definition) is 2. The molecule has 1 aliphatic rings. The second kappa shape index (κ2) is 5.69. The van der Waals surface area contributed by atoms with Gasteiger partial charge in [-0.15, -0.1) is 0 Å². The Labute approximate surface area is 107 Å². The summed E-state index contributed by atoms with van der Waals surface area (Å²) in [4.78, 5) is 2.57. The lowest BCUT2D eigenvalue weighted by Gasteiger charge is -2.32. The highest BCUT2D eigenvalue weighted by molar-refractivity contribution is 7.10. The molecule has 3 N–H and O–H groups in total. The average molecular weight is 254 g/mol. The average Bonchev–Trinajstić information content (AvgIpc) is 2.68. The van der Waals surface area contributed by atoms with Crippen molar-refractivity contribution in [3.63, 3.8) is 0 Å². The van der Waals surface area contributed by atoms with Crippen LogP contribution in [0.15, 0.2) is 0 Å². The van der Waals surface area contributed by atoms with E-state index in [-0.39, 0.29) is 0 Å². The van der Waals surface area contributed by atoms with Gasteiger partial charge in [-0.1, -0.05) is 6.42 Å². The summed E-state index contributed by atoms with van der Waals surface area (Å²) in [5.41, 5.74) is 6.82. The van der Waals surface area contributed by atoms with Crippen LogP contribution in [0.2, 0.25) is 0 Å². The number of hydrogen-bond acceptors (Lipinski definition) is 5. The maximum absolute atomic E-state index is 5.74. The van der Waals surface area contributed by atoms with Gasteiger partial charge in [-0.3, -0.25) is 4.90 Å². The zero-order chi connectivity index (χ0) is 12.3. The van der Waals surface area contributed by atoms with Gasteiger partial charge < -0.3 is 11.1 Å². The molecule has 96 valence electrons. The smallest absolute Gasteiger partial charge is 0.142 e. The number of nitrogens with two attached hydrogens (primary N) is 1. The number of nitrogen functional groups attached to an aromatic ring is 1. The molecule has 17 heavy (non-hydrogen) atoms. The number of rotatable bonds is 4. The zero-order valence-corrected chi connectivity index (χ0v) is 11.5. The number of aromatic nitrogens is 1. The molecule has 1 aromatic heterocycles. The fourth-order valence-electron chi connectivity index (χ4n) is 2.24. The summed E-state index contributed by atoms with van der Waals surface area (Å²) in [6.45, 7) is 7.77. The van der Waals surface area contributed by atoms with E-state index in [1.54, 1.807) is 0 Å². The summed E-state index contributed by atoms with van der Waals surface area (Å²) in [6, 6.07) is 0.582. The minimum atomic E-state index is 0.582. The first-order chi connectivity index (χ1) is 8.18. The van der Waals surface area contributed by atoms with Crippen LogP contribution in [0.4, 0.5) is 10.8 Å². The van der Waals surface area contributed by atoms with Crippen molar-refractivity contribution in [2.45, 2.75) is 39.2 Å². The predicted octanol–water partition coefficient (Wildman–Crippen LogP) is 2.32. The van der Waals surface area contributed by atoms with E-state index >= 15 is 0 Å². The second-order valence-corrected chi connectivity index (χ2v) is 5.62. The first-order valence-electron chi connectivity index (χ1n) is 6.38. The summed E-state index contributed by atoms with van der Waals surface area (Å²) in [5.74, 6) is 0.656. The number of piperidine rings is 1. The van der Waals surface area contributed by atoms with Gasteiger partial charge in [0, 0.05) is 18.2 Å². The molecule has 0 spiro atoms. The maximum atomic E-state index is 5.74. The minimum absolute atomic E-state index is 0.582. The first kappa shape index (κ1) is 12.6. The van der Waals surface area contributed by atoms with Crippen LogP contribution in [-0.4, -0.2) is 34.9 Å². The lowest BCUT2D eigenvalue weighted by molar-refractivity contribution is 0.181. The van der Waals surface area contributed by atoms with E-state index in [1.165, 1.54) is 43.9 Å². The van der Waals surface area contributed by atoms with Crippen LogP contribution in [0.1, 0.15) is 31.7 Å². The van der Waals surface area contributed by atoms with Gasteiger partial charge in [0.05, 0.1) is 0 Å². The molecule has 0 aromatic carbocycles. The zero-order valence-electron chi connectivity index (χ0n) is 10.7. The number of likely N-dealkylation sites (tertiary alicyclic amines) is 1. The van der Waals surface area contributed by atoms with Crippen molar-refractivity contribution in [3.8, 4) is 0 Å². The Morgan fingerprint density at radius 3 is 2.71 bits per heavy atom. The fourth-order valence-corrected chi connectivity index (χ4v) is 2.96. The van der Waals surface area contributed by atoms with Gasteiger partial charge in [-0.25, -0.2) is 0 Å². The van der Waals surface area contributed by atoms with Gasteiger partial charge in [0.1, 0.15) is 10.8 Å². The van der Waals surface area contributed by atoms with Crippen molar-refractivity contribution in [3.05, 3.63) is 5.56 Å². The van der Waals surface area contributed by atoms with Crippen molar-refractivity contribution >= 4 is 22.4 Å². The standard InChI is InChI=1S/C12H22N4S/c1-9(16-6-4-3-5-7-16)8-14-12-10(2)11(13)15-17-12/h9,14H,3-8H2,1-2H3,(H2,13,15). The van der Waals surface area contributed by atoms with Crippen molar-refractivity contribution in [2.75, 3.05) is 30.7 Å². The molecule has 1 aliphatic heterocycles. The molecular weight excluding hydrogens is 232 g/mol. The van der Waals surface area contributed by atoms with E-state index in [1.807, 2.05) is 6.92 Å². The van der Waals surface area contributed by atoms with Gasteiger partial charge in [0.2, 0.25) is 0 Å².